The Balaban J connectivity index is 1.66. The summed E-state index contributed by atoms with van der Waals surface area (Å²) in [5.41, 5.74) is 11.9. The standard InChI is InChI=1S/C19H24N2O/c1-14-5-3-7-19(15(14)2)22-12-11-21-10-4-6-16-8-9-17(20)13-18(16)21/h3,5,7-9,13H,4,6,10-12,20H2,1-2H3. The van der Waals surface area contributed by atoms with Gasteiger partial charge in [-0.05, 0) is 61.6 Å². The Morgan fingerprint density at radius 2 is 2.05 bits per heavy atom. The van der Waals surface area contributed by atoms with Crippen molar-refractivity contribution in [2.75, 3.05) is 30.3 Å². The average Bonchev–Trinajstić information content (AvgIpc) is 2.52. The van der Waals surface area contributed by atoms with Crippen molar-refractivity contribution in [3.05, 3.63) is 53.1 Å². The van der Waals surface area contributed by atoms with Gasteiger partial charge >= 0.3 is 0 Å². The van der Waals surface area contributed by atoms with Gasteiger partial charge in [-0.1, -0.05) is 18.2 Å². The van der Waals surface area contributed by atoms with Crippen molar-refractivity contribution in [1.29, 1.82) is 0 Å². The molecule has 0 fully saturated rings. The van der Waals surface area contributed by atoms with Crippen molar-refractivity contribution >= 4 is 11.4 Å². The van der Waals surface area contributed by atoms with E-state index in [1.807, 2.05) is 12.1 Å². The first kappa shape index (κ1) is 14.8. The van der Waals surface area contributed by atoms with Crippen molar-refractivity contribution in [3.8, 4) is 5.75 Å². The van der Waals surface area contributed by atoms with E-state index in [-0.39, 0.29) is 0 Å². The van der Waals surface area contributed by atoms with Gasteiger partial charge in [0.25, 0.3) is 0 Å². The van der Waals surface area contributed by atoms with Crippen molar-refractivity contribution in [2.24, 2.45) is 0 Å². The van der Waals surface area contributed by atoms with Crippen LogP contribution in [0, 0.1) is 13.8 Å². The first-order chi connectivity index (χ1) is 10.6. The zero-order chi connectivity index (χ0) is 15.5. The first-order valence-electron chi connectivity index (χ1n) is 7.97. The molecule has 0 radical (unpaired) electrons. The number of hydrogen-bond donors (Lipinski definition) is 1. The largest absolute Gasteiger partial charge is 0.491 e. The van der Waals surface area contributed by atoms with Gasteiger partial charge in [-0.15, -0.1) is 0 Å². The molecule has 0 atom stereocenters. The van der Waals surface area contributed by atoms with E-state index in [0.717, 1.165) is 30.9 Å². The lowest BCUT2D eigenvalue weighted by atomic mass is 10.0. The van der Waals surface area contributed by atoms with E-state index in [1.165, 1.54) is 28.8 Å². The molecule has 0 bridgehead atoms. The summed E-state index contributed by atoms with van der Waals surface area (Å²) in [7, 11) is 0. The highest BCUT2D eigenvalue weighted by atomic mass is 16.5. The number of ether oxygens (including phenoxy) is 1. The molecule has 116 valence electrons. The minimum absolute atomic E-state index is 0.693. The highest BCUT2D eigenvalue weighted by Gasteiger charge is 2.16. The predicted octanol–water partition coefficient (Wildman–Crippen LogP) is 3.72. The number of rotatable bonds is 4. The topological polar surface area (TPSA) is 38.5 Å². The molecule has 2 aromatic rings. The molecule has 0 saturated carbocycles. The average molecular weight is 296 g/mol. The molecular formula is C19H24N2O. The zero-order valence-corrected chi connectivity index (χ0v) is 13.4. The molecule has 1 heterocycles. The molecule has 0 saturated heterocycles. The number of nitrogen functional groups attached to an aromatic ring is 1. The van der Waals surface area contributed by atoms with Crippen LogP contribution in [0.25, 0.3) is 0 Å². The van der Waals surface area contributed by atoms with E-state index >= 15 is 0 Å². The summed E-state index contributed by atoms with van der Waals surface area (Å²) in [6, 6.07) is 12.5. The Kier molecular flexibility index (Phi) is 4.23. The van der Waals surface area contributed by atoms with Gasteiger partial charge in [0.15, 0.2) is 0 Å². The first-order valence-corrected chi connectivity index (χ1v) is 7.97. The number of anilines is 2. The van der Waals surface area contributed by atoms with Crippen molar-refractivity contribution in [3.63, 3.8) is 0 Å². The Bertz CT molecular complexity index is 666. The van der Waals surface area contributed by atoms with Crippen LogP contribution in [0.4, 0.5) is 11.4 Å². The third-order valence-corrected chi connectivity index (χ3v) is 4.50. The fraction of sp³-hybridized carbons (Fsp3) is 0.368. The summed E-state index contributed by atoms with van der Waals surface area (Å²) in [6.45, 7) is 6.89. The molecule has 2 N–H and O–H groups in total. The Morgan fingerprint density at radius 1 is 1.18 bits per heavy atom. The van der Waals surface area contributed by atoms with Crippen LogP contribution < -0.4 is 15.4 Å². The minimum Gasteiger partial charge on any atom is -0.491 e. The minimum atomic E-state index is 0.693. The van der Waals surface area contributed by atoms with Gasteiger partial charge in [0.05, 0.1) is 6.54 Å². The van der Waals surface area contributed by atoms with E-state index < -0.39 is 0 Å². The maximum Gasteiger partial charge on any atom is 0.122 e. The summed E-state index contributed by atoms with van der Waals surface area (Å²) < 4.78 is 5.99. The molecule has 3 nitrogen and oxygen atoms in total. The highest BCUT2D eigenvalue weighted by molar-refractivity contribution is 5.62. The van der Waals surface area contributed by atoms with E-state index in [1.54, 1.807) is 0 Å². The van der Waals surface area contributed by atoms with Crippen molar-refractivity contribution < 1.29 is 4.74 Å². The lowest BCUT2D eigenvalue weighted by Crippen LogP contribution is -2.33. The number of benzene rings is 2. The SMILES string of the molecule is Cc1cccc(OCCN2CCCc3ccc(N)cc32)c1C. The van der Waals surface area contributed by atoms with Gasteiger partial charge in [-0.25, -0.2) is 0 Å². The van der Waals surface area contributed by atoms with E-state index in [4.69, 9.17) is 10.5 Å². The van der Waals surface area contributed by atoms with Crippen molar-refractivity contribution in [2.45, 2.75) is 26.7 Å². The number of aryl methyl sites for hydroxylation is 2. The molecule has 3 rings (SSSR count). The van der Waals surface area contributed by atoms with Crippen LogP contribution in [-0.2, 0) is 6.42 Å². The van der Waals surface area contributed by atoms with Gasteiger partial charge in [-0.3, -0.25) is 0 Å². The molecule has 22 heavy (non-hydrogen) atoms. The van der Waals surface area contributed by atoms with Crippen LogP contribution in [0.3, 0.4) is 0 Å². The second-order valence-electron chi connectivity index (χ2n) is 6.03. The van der Waals surface area contributed by atoms with Crippen LogP contribution in [0.15, 0.2) is 36.4 Å². The third kappa shape index (κ3) is 3.03. The quantitative estimate of drug-likeness (QED) is 0.874. The normalized spacial score (nSPS) is 13.8. The van der Waals surface area contributed by atoms with Crippen LogP contribution in [0.2, 0.25) is 0 Å². The molecule has 2 aromatic carbocycles. The summed E-state index contributed by atoms with van der Waals surface area (Å²) in [5.74, 6) is 0.991. The molecule has 0 aromatic heterocycles. The van der Waals surface area contributed by atoms with Crippen LogP contribution in [0.5, 0.6) is 5.75 Å². The van der Waals surface area contributed by atoms with Crippen LogP contribution in [-0.4, -0.2) is 19.7 Å². The van der Waals surface area contributed by atoms with Crippen LogP contribution >= 0.6 is 0 Å². The summed E-state index contributed by atoms with van der Waals surface area (Å²) in [4.78, 5) is 2.39. The number of nitrogens with zero attached hydrogens (tertiary/aromatic N) is 1. The maximum absolute atomic E-state index is 5.99. The summed E-state index contributed by atoms with van der Waals surface area (Å²) >= 11 is 0. The number of hydrogen-bond acceptors (Lipinski definition) is 3. The predicted molar refractivity (Wildman–Crippen MR) is 92.8 cm³/mol. The monoisotopic (exact) mass is 296 g/mol. The lowest BCUT2D eigenvalue weighted by molar-refractivity contribution is 0.320. The van der Waals surface area contributed by atoms with E-state index in [2.05, 4.69) is 43.0 Å². The Labute approximate surface area is 132 Å². The highest BCUT2D eigenvalue weighted by Crippen LogP contribution is 2.29. The number of nitrogens with two attached hydrogens (primary N) is 1. The molecule has 0 amide bonds. The van der Waals surface area contributed by atoms with Gasteiger partial charge in [0.1, 0.15) is 12.4 Å². The zero-order valence-electron chi connectivity index (χ0n) is 13.4. The summed E-state index contributed by atoms with van der Waals surface area (Å²) in [6.07, 6.45) is 2.34. The second-order valence-corrected chi connectivity index (χ2v) is 6.03. The smallest absolute Gasteiger partial charge is 0.122 e. The Hall–Kier alpha value is -2.16. The number of fused-ring (bicyclic) bond motifs is 1. The van der Waals surface area contributed by atoms with E-state index in [0.29, 0.717) is 6.61 Å². The fourth-order valence-electron chi connectivity index (χ4n) is 3.05. The molecule has 1 aliphatic heterocycles. The van der Waals surface area contributed by atoms with Gasteiger partial charge in [0, 0.05) is 17.9 Å². The van der Waals surface area contributed by atoms with Crippen molar-refractivity contribution in [1.82, 2.24) is 0 Å². The van der Waals surface area contributed by atoms with Gasteiger partial charge in [0.2, 0.25) is 0 Å². The second kappa shape index (κ2) is 6.30. The molecule has 1 aliphatic rings. The molecule has 3 heteroatoms. The molecule has 0 aliphatic carbocycles. The molecule has 0 spiro atoms. The Morgan fingerprint density at radius 3 is 2.91 bits per heavy atom. The lowest BCUT2D eigenvalue weighted by Gasteiger charge is -2.31. The van der Waals surface area contributed by atoms with E-state index in [9.17, 15) is 0 Å². The molecular weight excluding hydrogens is 272 g/mol. The van der Waals surface area contributed by atoms with Gasteiger partial charge < -0.3 is 15.4 Å². The maximum atomic E-state index is 5.99. The van der Waals surface area contributed by atoms with Crippen LogP contribution in [0.1, 0.15) is 23.1 Å². The molecule has 0 unspecified atom stereocenters. The van der Waals surface area contributed by atoms with Gasteiger partial charge in [-0.2, -0.15) is 0 Å². The third-order valence-electron chi connectivity index (χ3n) is 4.50. The fourth-order valence-corrected chi connectivity index (χ4v) is 3.05. The summed E-state index contributed by atoms with van der Waals surface area (Å²) in [5, 5.41) is 0.